The number of hydrogen-bond donors (Lipinski definition) is 1. The van der Waals surface area contributed by atoms with Gasteiger partial charge in [0.1, 0.15) is 6.79 Å². The summed E-state index contributed by atoms with van der Waals surface area (Å²) in [6.07, 6.45) is 3.80. The smallest absolute Gasteiger partial charge is 0.239 e. The number of ether oxygens (including phenoxy) is 2. The van der Waals surface area contributed by atoms with Crippen LogP contribution in [0.5, 0.6) is 0 Å². The molecule has 1 aromatic heterocycles. The Morgan fingerprint density at radius 1 is 1.53 bits per heavy atom. The third kappa shape index (κ3) is 3.84. The van der Waals surface area contributed by atoms with E-state index in [-0.39, 0.29) is 11.8 Å². The first kappa shape index (κ1) is 13.6. The number of hydrogen-bond acceptors (Lipinski definition) is 5. The first-order valence-electron chi connectivity index (χ1n) is 6.23. The minimum Gasteiger partial charge on any atom is -0.355 e. The number of aromatic nitrogens is 1. The number of nitrogens with zero attached hydrogens (tertiary/aromatic N) is 2. The van der Waals surface area contributed by atoms with E-state index in [1.807, 2.05) is 12.1 Å². The number of carbonyl (C=O) groups excluding carboxylic acids is 1. The molecule has 2 heterocycles. The Kier molecular flexibility index (Phi) is 5.00. The van der Waals surface area contributed by atoms with E-state index < -0.39 is 0 Å². The van der Waals surface area contributed by atoms with Gasteiger partial charge in [-0.1, -0.05) is 6.92 Å². The van der Waals surface area contributed by atoms with Crippen molar-refractivity contribution in [3.05, 3.63) is 30.1 Å². The lowest BCUT2D eigenvalue weighted by Gasteiger charge is -2.23. The lowest BCUT2D eigenvalue weighted by Crippen LogP contribution is -2.33. The number of amides is 1. The van der Waals surface area contributed by atoms with Crippen LogP contribution in [-0.2, 0) is 14.3 Å². The van der Waals surface area contributed by atoms with E-state index in [2.05, 4.69) is 15.5 Å². The van der Waals surface area contributed by atoms with Crippen molar-refractivity contribution in [3.8, 4) is 0 Å². The van der Waals surface area contributed by atoms with Crippen molar-refractivity contribution < 1.29 is 14.3 Å². The van der Waals surface area contributed by atoms with Crippen LogP contribution in [0.1, 0.15) is 18.9 Å². The van der Waals surface area contributed by atoms with Gasteiger partial charge in [-0.15, -0.1) is 0 Å². The van der Waals surface area contributed by atoms with Crippen molar-refractivity contribution in [2.24, 2.45) is 11.0 Å². The third-order valence-electron chi connectivity index (χ3n) is 2.77. The van der Waals surface area contributed by atoms with Gasteiger partial charge in [0.15, 0.2) is 0 Å². The molecule has 0 aliphatic carbocycles. The first-order valence-corrected chi connectivity index (χ1v) is 6.23. The van der Waals surface area contributed by atoms with Crippen molar-refractivity contribution in [3.63, 3.8) is 0 Å². The Morgan fingerprint density at radius 3 is 2.95 bits per heavy atom. The van der Waals surface area contributed by atoms with Crippen molar-refractivity contribution >= 4 is 11.6 Å². The van der Waals surface area contributed by atoms with Gasteiger partial charge in [0.05, 0.1) is 24.8 Å². The van der Waals surface area contributed by atoms with Crippen LogP contribution >= 0.6 is 0 Å². The van der Waals surface area contributed by atoms with Crippen LogP contribution in [0.4, 0.5) is 0 Å². The average molecular weight is 263 g/mol. The van der Waals surface area contributed by atoms with Crippen molar-refractivity contribution in [1.82, 2.24) is 10.4 Å². The highest BCUT2D eigenvalue weighted by Crippen LogP contribution is 2.13. The highest BCUT2D eigenvalue weighted by Gasteiger charge is 2.22. The summed E-state index contributed by atoms with van der Waals surface area (Å²) in [6, 6.07) is 3.73. The van der Waals surface area contributed by atoms with E-state index in [4.69, 9.17) is 9.47 Å². The minimum atomic E-state index is -0.126. The molecule has 0 spiro atoms. The molecular weight excluding hydrogens is 246 g/mol. The van der Waals surface area contributed by atoms with Crippen LogP contribution < -0.4 is 5.43 Å². The molecule has 0 atom stereocenters. The van der Waals surface area contributed by atoms with Gasteiger partial charge in [0, 0.05) is 24.4 Å². The normalized spacial score (nSPS) is 17.2. The Morgan fingerprint density at radius 2 is 2.32 bits per heavy atom. The Labute approximate surface area is 111 Å². The summed E-state index contributed by atoms with van der Waals surface area (Å²) in [5.41, 5.74) is 4.13. The molecule has 1 aromatic rings. The Balaban J connectivity index is 2.19. The zero-order valence-electron chi connectivity index (χ0n) is 10.8. The van der Waals surface area contributed by atoms with E-state index in [1.165, 1.54) is 0 Å². The largest absolute Gasteiger partial charge is 0.355 e. The fourth-order valence-corrected chi connectivity index (χ4v) is 1.75. The highest BCUT2D eigenvalue weighted by molar-refractivity contribution is 6.02. The monoisotopic (exact) mass is 263 g/mol. The van der Waals surface area contributed by atoms with Gasteiger partial charge in [0.25, 0.3) is 0 Å². The van der Waals surface area contributed by atoms with Crippen LogP contribution in [-0.4, -0.2) is 36.6 Å². The summed E-state index contributed by atoms with van der Waals surface area (Å²) < 4.78 is 10.6. The van der Waals surface area contributed by atoms with E-state index in [1.54, 1.807) is 19.3 Å². The summed E-state index contributed by atoms with van der Waals surface area (Å²) in [4.78, 5) is 15.4. The number of hydrazone groups is 1. The quantitative estimate of drug-likeness (QED) is 0.648. The van der Waals surface area contributed by atoms with Crippen LogP contribution in [0.3, 0.4) is 0 Å². The van der Waals surface area contributed by atoms with Crippen molar-refractivity contribution in [1.29, 1.82) is 0 Å². The number of carbonyl (C=O) groups is 1. The summed E-state index contributed by atoms with van der Waals surface area (Å²) in [5, 5.41) is 4.21. The summed E-state index contributed by atoms with van der Waals surface area (Å²) >= 11 is 0. The predicted molar refractivity (Wildman–Crippen MR) is 69.5 cm³/mol. The maximum absolute atomic E-state index is 11.3. The second-order valence-corrected chi connectivity index (χ2v) is 4.18. The molecule has 1 amide bonds. The molecule has 0 saturated carbocycles. The summed E-state index contributed by atoms with van der Waals surface area (Å²) in [6.45, 7) is 3.13. The van der Waals surface area contributed by atoms with Gasteiger partial charge >= 0.3 is 0 Å². The Hall–Kier alpha value is -1.79. The zero-order chi connectivity index (χ0) is 13.5. The Bertz CT molecular complexity index is 442. The summed E-state index contributed by atoms with van der Waals surface area (Å²) in [7, 11) is 0. The molecule has 1 aliphatic rings. The SMILES string of the molecule is CCC(=O)NN=C(c1cccnc1)C1COCOC1. The third-order valence-corrected chi connectivity index (χ3v) is 2.77. The lowest BCUT2D eigenvalue weighted by atomic mass is 9.99. The van der Waals surface area contributed by atoms with Crippen LogP contribution in [0.25, 0.3) is 0 Å². The lowest BCUT2D eigenvalue weighted by molar-refractivity contribution is -0.121. The molecule has 19 heavy (non-hydrogen) atoms. The van der Waals surface area contributed by atoms with Crippen LogP contribution in [0, 0.1) is 5.92 Å². The number of nitrogens with one attached hydrogen (secondary N) is 1. The molecule has 2 rings (SSSR count). The van der Waals surface area contributed by atoms with Gasteiger partial charge in [-0.05, 0) is 12.1 Å². The van der Waals surface area contributed by atoms with Crippen molar-refractivity contribution in [2.75, 3.05) is 20.0 Å². The van der Waals surface area contributed by atoms with Gasteiger partial charge < -0.3 is 9.47 Å². The van der Waals surface area contributed by atoms with Crippen LogP contribution in [0.2, 0.25) is 0 Å². The van der Waals surface area contributed by atoms with Gasteiger partial charge in [0.2, 0.25) is 5.91 Å². The van der Waals surface area contributed by atoms with Gasteiger partial charge in [-0.3, -0.25) is 9.78 Å². The number of rotatable bonds is 4. The molecule has 102 valence electrons. The second kappa shape index (κ2) is 6.96. The van der Waals surface area contributed by atoms with E-state index in [0.717, 1.165) is 11.3 Å². The first-order chi connectivity index (χ1) is 9.31. The molecule has 1 fully saturated rings. The van der Waals surface area contributed by atoms with Crippen molar-refractivity contribution in [2.45, 2.75) is 13.3 Å². The van der Waals surface area contributed by atoms with E-state index in [0.29, 0.717) is 26.4 Å². The molecule has 0 radical (unpaired) electrons. The molecule has 1 saturated heterocycles. The highest BCUT2D eigenvalue weighted by atomic mass is 16.7. The van der Waals surface area contributed by atoms with E-state index >= 15 is 0 Å². The standard InChI is InChI=1S/C13H17N3O3/c1-2-12(17)15-16-13(10-4-3-5-14-6-10)11-7-18-9-19-8-11/h3-6,11H,2,7-9H2,1H3,(H,15,17). The number of pyridine rings is 1. The molecular formula is C13H17N3O3. The molecule has 0 bridgehead atoms. The molecule has 6 heteroatoms. The maximum Gasteiger partial charge on any atom is 0.239 e. The van der Waals surface area contributed by atoms with Gasteiger partial charge in [-0.25, -0.2) is 5.43 Å². The second-order valence-electron chi connectivity index (χ2n) is 4.18. The molecule has 0 aromatic carbocycles. The fraction of sp³-hybridized carbons (Fsp3) is 0.462. The topological polar surface area (TPSA) is 72.8 Å². The van der Waals surface area contributed by atoms with Gasteiger partial charge in [-0.2, -0.15) is 5.10 Å². The average Bonchev–Trinajstić information content (AvgIpc) is 2.49. The molecule has 1 N–H and O–H groups in total. The van der Waals surface area contributed by atoms with E-state index in [9.17, 15) is 4.79 Å². The fourth-order valence-electron chi connectivity index (χ4n) is 1.75. The van der Waals surface area contributed by atoms with Crippen LogP contribution in [0.15, 0.2) is 29.6 Å². The minimum absolute atomic E-state index is 0.00453. The predicted octanol–water partition coefficient (Wildman–Crippen LogP) is 0.932. The maximum atomic E-state index is 11.3. The molecule has 1 aliphatic heterocycles. The molecule has 0 unspecified atom stereocenters. The molecule has 6 nitrogen and oxygen atoms in total. The zero-order valence-corrected chi connectivity index (χ0v) is 10.8. The summed E-state index contributed by atoms with van der Waals surface area (Å²) in [5.74, 6) is -0.130.